The van der Waals surface area contributed by atoms with Crippen molar-refractivity contribution in [1.29, 1.82) is 0 Å². The van der Waals surface area contributed by atoms with E-state index in [4.69, 9.17) is 0 Å². The first kappa shape index (κ1) is 11.8. The molecule has 1 aromatic heterocycles. The summed E-state index contributed by atoms with van der Waals surface area (Å²) in [4.78, 5) is 24.3. The van der Waals surface area contributed by atoms with Crippen molar-refractivity contribution in [3.63, 3.8) is 0 Å². The average molecular weight is 223 g/mol. The van der Waals surface area contributed by atoms with Crippen LogP contribution in [0, 0.1) is 6.92 Å². The molecule has 1 N–H and O–H groups in total. The fraction of sp³-hybridized carbons (Fsp3) is 0.273. The Bertz CT molecular complexity index is 434. The average Bonchev–Trinajstić information content (AvgIpc) is 2.14. The lowest BCUT2D eigenvalue weighted by atomic mass is 10.2. The molecule has 0 saturated carbocycles. The first-order valence-electron chi connectivity index (χ1n) is 4.59. The predicted molar refractivity (Wildman–Crippen MR) is 64.0 cm³/mol. The van der Waals surface area contributed by atoms with Crippen LogP contribution >= 0.6 is 11.8 Å². The van der Waals surface area contributed by atoms with Gasteiger partial charge in [-0.05, 0) is 18.6 Å². The lowest BCUT2D eigenvalue weighted by Gasteiger charge is -1.98. The van der Waals surface area contributed by atoms with E-state index in [1.54, 1.807) is 13.0 Å². The molecule has 1 rings (SSSR count). The molecule has 0 aliphatic carbocycles. The molecule has 0 atom stereocenters. The summed E-state index contributed by atoms with van der Waals surface area (Å²) in [5.74, 6) is 0.661. The molecule has 4 heteroatoms. The van der Waals surface area contributed by atoms with Gasteiger partial charge in [-0.25, -0.2) is 0 Å². The van der Waals surface area contributed by atoms with Crippen molar-refractivity contribution in [1.82, 2.24) is 4.98 Å². The second kappa shape index (κ2) is 5.56. The number of carbonyl (C=O) groups is 1. The molecule has 0 aliphatic rings. The highest BCUT2D eigenvalue weighted by atomic mass is 32.2. The van der Waals surface area contributed by atoms with Gasteiger partial charge in [0.05, 0.1) is 0 Å². The third kappa shape index (κ3) is 4.16. The molecule has 0 unspecified atom stereocenters. The Balaban J connectivity index is 2.64. The zero-order valence-electron chi connectivity index (χ0n) is 8.74. The Morgan fingerprint density at radius 1 is 1.53 bits per heavy atom. The van der Waals surface area contributed by atoms with Gasteiger partial charge in [0.2, 0.25) is 5.56 Å². The van der Waals surface area contributed by atoms with Crippen LogP contribution in [-0.4, -0.2) is 15.9 Å². The topological polar surface area (TPSA) is 49.9 Å². The molecule has 0 bridgehead atoms. The molecule has 1 heterocycles. The Morgan fingerprint density at radius 2 is 2.27 bits per heavy atom. The number of thioether (sulfide) groups is 1. The molecule has 0 amide bonds. The molecule has 0 spiro atoms. The number of pyridine rings is 1. The van der Waals surface area contributed by atoms with Crippen molar-refractivity contribution in [2.45, 2.75) is 13.8 Å². The summed E-state index contributed by atoms with van der Waals surface area (Å²) in [6, 6.07) is 3.26. The maximum Gasteiger partial charge on any atom is 0.248 e. The van der Waals surface area contributed by atoms with Gasteiger partial charge < -0.3 is 4.98 Å². The Morgan fingerprint density at radius 3 is 2.87 bits per heavy atom. The van der Waals surface area contributed by atoms with Crippen molar-refractivity contribution in [3.8, 4) is 0 Å². The molecule has 0 aromatic carbocycles. The number of aryl methyl sites for hydroxylation is 1. The molecule has 3 nitrogen and oxygen atoms in total. The van der Waals surface area contributed by atoms with Gasteiger partial charge in [0.25, 0.3) is 0 Å². The largest absolute Gasteiger partial charge is 0.326 e. The first-order chi connectivity index (χ1) is 7.09. The van der Waals surface area contributed by atoms with Crippen LogP contribution in [0.5, 0.6) is 0 Å². The van der Waals surface area contributed by atoms with Crippen LogP contribution in [0.4, 0.5) is 0 Å². The third-order valence-electron chi connectivity index (χ3n) is 1.84. The van der Waals surface area contributed by atoms with Gasteiger partial charge in [-0.1, -0.05) is 23.9 Å². The highest BCUT2D eigenvalue weighted by Gasteiger charge is 1.94. The van der Waals surface area contributed by atoms with Crippen LogP contribution in [-0.2, 0) is 4.79 Å². The molecular formula is C11H13NO2S. The maximum atomic E-state index is 10.9. The summed E-state index contributed by atoms with van der Waals surface area (Å²) >= 11 is 1.26. The summed E-state index contributed by atoms with van der Waals surface area (Å²) in [6.45, 7) is 3.39. The third-order valence-corrected chi connectivity index (χ3v) is 2.60. The highest BCUT2D eigenvalue weighted by molar-refractivity contribution is 8.13. The summed E-state index contributed by atoms with van der Waals surface area (Å²) in [7, 11) is 0. The number of aromatic amines is 1. The van der Waals surface area contributed by atoms with Crippen molar-refractivity contribution >= 4 is 23.0 Å². The summed E-state index contributed by atoms with van der Waals surface area (Å²) < 4.78 is 0. The zero-order chi connectivity index (χ0) is 11.3. The van der Waals surface area contributed by atoms with E-state index < -0.39 is 0 Å². The summed E-state index contributed by atoms with van der Waals surface area (Å²) in [6.07, 6.45) is 3.81. The van der Waals surface area contributed by atoms with E-state index in [-0.39, 0.29) is 10.7 Å². The fourth-order valence-electron chi connectivity index (χ4n) is 1.11. The van der Waals surface area contributed by atoms with Gasteiger partial charge >= 0.3 is 0 Å². The van der Waals surface area contributed by atoms with E-state index in [0.29, 0.717) is 5.75 Å². The van der Waals surface area contributed by atoms with Crippen LogP contribution < -0.4 is 5.56 Å². The monoisotopic (exact) mass is 223 g/mol. The van der Waals surface area contributed by atoms with Crippen LogP contribution in [0.25, 0.3) is 6.08 Å². The minimum atomic E-state index is -0.0947. The Hall–Kier alpha value is -1.29. The molecule has 0 aliphatic heterocycles. The second-order valence-electron chi connectivity index (χ2n) is 3.11. The SMILES string of the molecule is CC(=O)SCC=Cc1ccc(=O)[nH]c1C. The standard InChI is InChI=1S/C11H13NO2S/c1-8-10(5-6-11(14)12-8)4-3-7-15-9(2)13/h3-6H,7H2,1-2H3,(H,12,14). The van der Waals surface area contributed by atoms with Crippen molar-refractivity contribution in [2.75, 3.05) is 5.75 Å². The number of H-pyrrole nitrogens is 1. The van der Waals surface area contributed by atoms with Crippen LogP contribution in [0.3, 0.4) is 0 Å². The van der Waals surface area contributed by atoms with Crippen LogP contribution in [0.1, 0.15) is 18.2 Å². The number of rotatable bonds is 3. The van der Waals surface area contributed by atoms with Gasteiger partial charge in [0.15, 0.2) is 5.12 Å². The van der Waals surface area contributed by atoms with E-state index in [1.165, 1.54) is 17.8 Å². The fourth-order valence-corrected chi connectivity index (χ4v) is 1.54. The highest BCUT2D eigenvalue weighted by Crippen LogP contribution is 2.07. The van der Waals surface area contributed by atoms with E-state index in [0.717, 1.165) is 11.3 Å². The molecule has 0 radical (unpaired) electrons. The molecule has 0 fully saturated rings. The van der Waals surface area contributed by atoms with Crippen molar-refractivity contribution < 1.29 is 4.79 Å². The van der Waals surface area contributed by atoms with Gasteiger partial charge in [-0.3, -0.25) is 9.59 Å². The first-order valence-corrected chi connectivity index (χ1v) is 5.58. The summed E-state index contributed by atoms with van der Waals surface area (Å²) in [5, 5.41) is 0.109. The molecule has 80 valence electrons. The quantitative estimate of drug-likeness (QED) is 0.852. The predicted octanol–water partition coefficient (Wildman–Crippen LogP) is 1.98. The number of aromatic nitrogens is 1. The van der Waals surface area contributed by atoms with Gasteiger partial charge in [-0.15, -0.1) is 0 Å². The molecule has 0 saturated heterocycles. The molecule has 15 heavy (non-hydrogen) atoms. The number of nitrogens with one attached hydrogen (secondary N) is 1. The van der Waals surface area contributed by atoms with E-state index in [2.05, 4.69) is 4.98 Å². The minimum Gasteiger partial charge on any atom is -0.326 e. The van der Waals surface area contributed by atoms with Gasteiger partial charge in [0.1, 0.15) is 0 Å². The van der Waals surface area contributed by atoms with Gasteiger partial charge in [0, 0.05) is 24.4 Å². The molecular weight excluding hydrogens is 210 g/mol. The lowest BCUT2D eigenvalue weighted by molar-refractivity contribution is -0.109. The molecule has 1 aromatic rings. The van der Waals surface area contributed by atoms with Crippen molar-refractivity contribution in [3.05, 3.63) is 39.8 Å². The number of hydrogen-bond donors (Lipinski definition) is 1. The Kier molecular flexibility index (Phi) is 4.37. The lowest BCUT2D eigenvalue weighted by Crippen LogP contribution is -2.05. The second-order valence-corrected chi connectivity index (χ2v) is 4.30. The van der Waals surface area contributed by atoms with E-state index in [9.17, 15) is 9.59 Å². The zero-order valence-corrected chi connectivity index (χ0v) is 9.56. The van der Waals surface area contributed by atoms with Crippen LogP contribution in [0.15, 0.2) is 23.0 Å². The minimum absolute atomic E-state index is 0.0947. The maximum absolute atomic E-state index is 10.9. The normalized spacial score (nSPS) is 10.8. The van der Waals surface area contributed by atoms with E-state index >= 15 is 0 Å². The number of hydrogen-bond acceptors (Lipinski definition) is 3. The summed E-state index contributed by atoms with van der Waals surface area (Å²) in [5.41, 5.74) is 1.72. The number of carbonyl (C=O) groups excluding carboxylic acids is 1. The van der Waals surface area contributed by atoms with Crippen molar-refractivity contribution in [2.24, 2.45) is 0 Å². The van der Waals surface area contributed by atoms with E-state index in [1.807, 2.05) is 19.1 Å². The Labute approximate surface area is 92.6 Å². The smallest absolute Gasteiger partial charge is 0.248 e. The van der Waals surface area contributed by atoms with Gasteiger partial charge in [-0.2, -0.15) is 0 Å². The van der Waals surface area contributed by atoms with Crippen LogP contribution in [0.2, 0.25) is 0 Å².